The number of benzene rings is 1. The number of aromatic nitrogens is 2. The average molecular weight is 485 g/mol. The van der Waals surface area contributed by atoms with Crippen molar-refractivity contribution < 1.29 is 17.9 Å². The van der Waals surface area contributed by atoms with Crippen molar-refractivity contribution in [1.82, 2.24) is 14.7 Å². The normalized spacial score (nSPS) is 14.2. The number of rotatable bonds is 8. The fourth-order valence-electron chi connectivity index (χ4n) is 3.62. The van der Waals surface area contributed by atoms with Crippen LogP contribution in [0.15, 0.2) is 75.9 Å². The predicted molar refractivity (Wildman–Crippen MR) is 126 cm³/mol. The van der Waals surface area contributed by atoms with Crippen LogP contribution < -0.4 is 14.8 Å². The van der Waals surface area contributed by atoms with Crippen LogP contribution in [0.3, 0.4) is 0 Å². The molecule has 0 aliphatic heterocycles. The van der Waals surface area contributed by atoms with Crippen molar-refractivity contribution >= 4 is 33.4 Å². The van der Waals surface area contributed by atoms with E-state index >= 15 is 0 Å². The Morgan fingerprint density at radius 1 is 1.03 bits per heavy atom. The zero-order valence-electron chi connectivity index (χ0n) is 18.0. The van der Waals surface area contributed by atoms with Crippen LogP contribution in [-0.4, -0.2) is 37.4 Å². The summed E-state index contributed by atoms with van der Waals surface area (Å²) in [4.78, 5) is 21.4. The molecule has 2 N–H and O–H groups in total. The Morgan fingerprint density at radius 3 is 2.55 bits per heavy atom. The van der Waals surface area contributed by atoms with Crippen molar-refractivity contribution in [3.8, 4) is 5.75 Å². The largest absolute Gasteiger partial charge is 0.495 e. The van der Waals surface area contributed by atoms with Crippen LogP contribution in [0.5, 0.6) is 5.75 Å². The molecule has 8 nitrogen and oxygen atoms in total. The number of anilines is 1. The van der Waals surface area contributed by atoms with Gasteiger partial charge in [-0.2, -0.15) is 0 Å². The van der Waals surface area contributed by atoms with Crippen LogP contribution in [-0.2, 0) is 10.0 Å². The van der Waals surface area contributed by atoms with E-state index in [0.29, 0.717) is 10.7 Å². The maximum Gasteiger partial charge on any atom is 0.255 e. The van der Waals surface area contributed by atoms with E-state index in [0.717, 1.165) is 30.7 Å². The van der Waals surface area contributed by atoms with Crippen LogP contribution >= 0.6 is 11.8 Å². The zero-order valence-corrected chi connectivity index (χ0v) is 19.7. The Labute approximate surface area is 197 Å². The monoisotopic (exact) mass is 484 g/mol. The SMILES string of the molecule is COc1ccc(C(=O)Nc2ccnc(Sc3ccccn3)c2)cc1S(=O)(=O)NC1CCCC1. The number of amides is 1. The first-order valence-electron chi connectivity index (χ1n) is 10.5. The molecule has 2 heterocycles. The van der Waals surface area contributed by atoms with Crippen LogP contribution in [0, 0.1) is 0 Å². The van der Waals surface area contributed by atoms with E-state index in [1.54, 1.807) is 24.5 Å². The number of sulfonamides is 1. The highest BCUT2D eigenvalue weighted by atomic mass is 32.2. The summed E-state index contributed by atoms with van der Waals surface area (Å²) in [7, 11) is -2.43. The maximum absolute atomic E-state index is 13.0. The zero-order chi connectivity index (χ0) is 23.3. The van der Waals surface area contributed by atoms with Crippen molar-refractivity contribution in [3.05, 3.63) is 66.5 Å². The van der Waals surface area contributed by atoms with Crippen molar-refractivity contribution in [3.63, 3.8) is 0 Å². The van der Waals surface area contributed by atoms with E-state index in [2.05, 4.69) is 20.0 Å². The highest BCUT2D eigenvalue weighted by Gasteiger charge is 2.26. The van der Waals surface area contributed by atoms with Gasteiger partial charge in [0.05, 0.1) is 7.11 Å². The second-order valence-electron chi connectivity index (χ2n) is 7.58. The van der Waals surface area contributed by atoms with Gasteiger partial charge in [-0.05, 0) is 55.3 Å². The number of pyridine rings is 2. The summed E-state index contributed by atoms with van der Waals surface area (Å²) in [6, 6.07) is 13.3. The van der Waals surface area contributed by atoms with E-state index in [1.165, 1.54) is 37.1 Å². The molecule has 0 saturated heterocycles. The molecule has 1 aliphatic rings. The molecule has 4 rings (SSSR count). The van der Waals surface area contributed by atoms with E-state index in [-0.39, 0.29) is 22.3 Å². The van der Waals surface area contributed by atoms with Gasteiger partial charge in [-0.15, -0.1) is 0 Å². The van der Waals surface area contributed by atoms with Gasteiger partial charge in [0, 0.05) is 29.7 Å². The molecule has 1 fully saturated rings. The number of nitrogens with one attached hydrogen (secondary N) is 2. The summed E-state index contributed by atoms with van der Waals surface area (Å²) in [6.07, 6.45) is 6.91. The third-order valence-corrected chi connectivity index (χ3v) is 7.66. The van der Waals surface area contributed by atoms with Gasteiger partial charge >= 0.3 is 0 Å². The molecule has 0 unspecified atom stereocenters. The molecule has 1 amide bonds. The average Bonchev–Trinajstić information content (AvgIpc) is 3.32. The quantitative estimate of drug-likeness (QED) is 0.495. The van der Waals surface area contributed by atoms with E-state index in [4.69, 9.17) is 4.74 Å². The van der Waals surface area contributed by atoms with Crippen LogP contribution in [0.4, 0.5) is 5.69 Å². The van der Waals surface area contributed by atoms with Gasteiger partial charge in [-0.3, -0.25) is 4.79 Å². The lowest BCUT2D eigenvalue weighted by Gasteiger charge is -2.16. The van der Waals surface area contributed by atoms with Crippen LogP contribution in [0.25, 0.3) is 0 Å². The summed E-state index contributed by atoms with van der Waals surface area (Å²) in [6.45, 7) is 0. The van der Waals surface area contributed by atoms with Gasteiger partial charge < -0.3 is 10.1 Å². The Morgan fingerprint density at radius 2 is 1.82 bits per heavy atom. The van der Waals surface area contributed by atoms with Gasteiger partial charge in [-0.25, -0.2) is 23.1 Å². The molecular formula is C23H24N4O4S2. The Hall–Kier alpha value is -2.95. The number of hydrogen-bond donors (Lipinski definition) is 2. The molecular weight excluding hydrogens is 460 g/mol. The highest BCUT2D eigenvalue weighted by Crippen LogP contribution is 2.29. The van der Waals surface area contributed by atoms with Gasteiger partial charge in [0.1, 0.15) is 20.7 Å². The Kier molecular flexibility index (Phi) is 7.26. The van der Waals surface area contributed by atoms with Crippen molar-refractivity contribution in [1.29, 1.82) is 0 Å². The summed E-state index contributed by atoms with van der Waals surface area (Å²) >= 11 is 1.37. The van der Waals surface area contributed by atoms with Crippen molar-refractivity contribution in [2.75, 3.05) is 12.4 Å². The number of carbonyl (C=O) groups excluding carboxylic acids is 1. The number of nitrogens with zero attached hydrogens (tertiary/aromatic N) is 2. The fraction of sp³-hybridized carbons (Fsp3) is 0.261. The molecule has 0 radical (unpaired) electrons. The topological polar surface area (TPSA) is 110 Å². The van der Waals surface area contributed by atoms with E-state index in [9.17, 15) is 13.2 Å². The first kappa shape index (κ1) is 23.2. The summed E-state index contributed by atoms with van der Waals surface area (Å²) < 4.78 is 33.9. The molecule has 0 atom stereocenters. The van der Waals surface area contributed by atoms with Crippen LogP contribution in [0.1, 0.15) is 36.0 Å². The number of hydrogen-bond acceptors (Lipinski definition) is 7. The summed E-state index contributed by atoms with van der Waals surface area (Å²) in [5.41, 5.74) is 0.746. The Balaban J connectivity index is 1.53. The molecule has 3 aromatic rings. The third kappa shape index (κ3) is 5.89. The summed E-state index contributed by atoms with van der Waals surface area (Å²) in [5.74, 6) is -0.245. The molecule has 1 aliphatic carbocycles. The highest BCUT2D eigenvalue weighted by molar-refractivity contribution is 7.99. The molecule has 172 valence electrons. The van der Waals surface area contributed by atoms with Crippen molar-refractivity contribution in [2.45, 2.75) is 46.7 Å². The standard InChI is InChI=1S/C23H24N4O4S2/c1-31-19-10-9-16(14-20(19)33(29,30)27-17-6-2-3-7-17)23(28)26-18-11-13-25-22(15-18)32-21-8-4-5-12-24-21/h4-5,8-15,17,27H,2-3,6-7H2,1H3,(H,25,26,28). The Bertz CT molecular complexity index is 1230. The predicted octanol–water partition coefficient (Wildman–Crippen LogP) is 4.11. The van der Waals surface area contributed by atoms with E-state index < -0.39 is 15.9 Å². The molecule has 1 saturated carbocycles. The van der Waals surface area contributed by atoms with E-state index in [1.807, 2.05) is 18.2 Å². The lowest BCUT2D eigenvalue weighted by molar-refractivity contribution is 0.102. The summed E-state index contributed by atoms with van der Waals surface area (Å²) in [5, 5.41) is 4.26. The smallest absolute Gasteiger partial charge is 0.255 e. The first-order valence-corrected chi connectivity index (χ1v) is 12.8. The molecule has 0 bridgehead atoms. The minimum absolute atomic E-state index is 0.0503. The molecule has 0 spiro atoms. The first-order chi connectivity index (χ1) is 15.9. The van der Waals surface area contributed by atoms with Crippen molar-refractivity contribution in [2.24, 2.45) is 0 Å². The number of carbonyl (C=O) groups is 1. The lowest BCUT2D eigenvalue weighted by Crippen LogP contribution is -2.33. The molecule has 2 aromatic heterocycles. The van der Waals surface area contributed by atoms with Gasteiger partial charge in [0.15, 0.2) is 0 Å². The second-order valence-corrected chi connectivity index (χ2v) is 10.3. The molecule has 10 heteroatoms. The van der Waals surface area contributed by atoms with Gasteiger partial charge in [0.25, 0.3) is 5.91 Å². The molecule has 1 aromatic carbocycles. The third-order valence-electron chi connectivity index (χ3n) is 5.23. The fourth-order valence-corrected chi connectivity index (χ4v) is 5.89. The minimum Gasteiger partial charge on any atom is -0.495 e. The lowest BCUT2D eigenvalue weighted by atomic mass is 10.2. The molecule has 33 heavy (non-hydrogen) atoms. The number of ether oxygens (including phenoxy) is 1. The van der Waals surface area contributed by atoms with Crippen LogP contribution in [0.2, 0.25) is 0 Å². The number of methoxy groups -OCH3 is 1. The van der Waals surface area contributed by atoms with Gasteiger partial charge in [0.2, 0.25) is 10.0 Å². The minimum atomic E-state index is -3.83. The second kappa shape index (κ2) is 10.3. The van der Waals surface area contributed by atoms with Gasteiger partial charge in [-0.1, -0.05) is 30.7 Å². The maximum atomic E-state index is 13.0.